The molecule has 0 aliphatic carbocycles. The molecule has 5 saturated heterocycles. The summed E-state index contributed by atoms with van der Waals surface area (Å²) in [5.41, 5.74) is 29.9. The highest BCUT2D eigenvalue weighted by Crippen LogP contribution is 2.57. The molecular weight excluding hydrogens is 1950 g/mol. The topological polar surface area (TPSA) is 818 Å². The van der Waals surface area contributed by atoms with E-state index in [0.29, 0.717) is 24.4 Å². The van der Waals surface area contributed by atoms with Crippen molar-refractivity contribution in [3.63, 3.8) is 0 Å². The largest absolute Gasteiger partial charge is 0.494 e. The number of nitrogens with two attached hydrogens (primary N) is 4. The standard InChI is InChI=1S/C75H92N27O32P5/c1-97-13-15-98(16-14-97)38-9-11-42-44(21-38)96-67(94-42)37-8-10-41-43(20-37)95-66(93-41)36-5-2-6-40(19-36)121-18-3-7-49(104)80-12-4-17-120-22-39(103)23-123-136(112,113)131-59-55(106)46(128-73(59)100-33-90-51-63(77)82-29-86-69(51)100)25-125-138(116,117)133-61-57(108)48(130-75(61)102-35-92-53-65(79)84-31-88-71(53)102)27-126-139(118,119)134-60-56(107)47(129-74(60)101-34-91-52-64(78)83-30-87-70(52)101)26-124-137(114,115)132-58-54(105)45(24-122-135(109,110)111)127-72(58)99-32-89-50-62(76)81-28-85-68(50)99/h2,5-6,8-11,19-21,28-35,39,45-48,54-61,72-75,103,105-108H,3-4,7,12-18,22-27H2,1H3,(H,80,104)(H,93,95)(H,94,96)(H,112,113)(H,114,115)(H,116,117)(H,118,119)(H2,76,81,85)(H2,77,82,86)(H2,78,83,87)(H2,79,84,88)(H2,109,110,111)/t39?,45-,46-,47-,48-,54-,55-,56-,57-,58-,59-,60-,61-,72-,73-,74-,75-/m1/s1. The van der Waals surface area contributed by atoms with E-state index in [1.807, 2.05) is 48.5 Å². The minimum Gasteiger partial charge on any atom is -0.494 e. The maximum absolute atomic E-state index is 14.4. The Balaban J connectivity index is 0.471. The molecule has 5 aliphatic rings. The summed E-state index contributed by atoms with van der Waals surface area (Å²) in [5, 5.41) is 61.1. The first-order valence-corrected chi connectivity index (χ1v) is 50.0. The minimum atomic E-state index is -5.74. The maximum atomic E-state index is 14.4. The first-order valence-electron chi connectivity index (χ1n) is 42.5. The van der Waals surface area contributed by atoms with Crippen LogP contribution in [-0.2, 0) is 92.0 Å². The number of likely N-dealkylation sites (N-methyl/N-ethyl adjacent to an activating group) is 1. The fourth-order valence-corrected chi connectivity index (χ4v) is 20.3. The molecule has 139 heavy (non-hydrogen) atoms. The molecule has 64 heteroatoms. The zero-order chi connectivity index (χ0) is 97.7. The van der Waals surface area contributed by atoms with Crippen LogP contribution in [0, 0.1) is 0 Å². The van der Waals surface area contributed by atoms with Gasteiger partial charge in [-0.25, -0.2) is 92.6 Å². The van der Waals surface area contributed by atoms with Crippen LogP contribution in [0.2, 0.25) is 0 Å². The van der Waals surface area contributed by atoms with E-state index in [-0.39, 0.29) is 100 Å². The van der Waals surface area contributed by atoms with Crippen LogP contribution in [0.15, 0.2) is 111 Å². The molecule has 3 aromatic carbocycles. The number of hydrogen-bond acceptors (Lipinski definition) is 46. The quantitative estimate of drug-likeness (QED) is 0.0182. The van der Waals surface area contributed by atoms with Crippen molar-refractivity contribution in [3.05, 3.63) is 111 Å². The second-order valence-electron chi connectivity index (χ2n) is 32.5. The summed E-state index contributed by atoms with van der Waals surface area (Å²) < 4.78 is 156. The summed E-state index contributed by atoms with van der Waals surface area (Å²) in [6.45, 7) is -1.52. The Labute approximate surface area is 781 Å². The summed E-state index contributed by atoms with van der Waals surface area (Å²) in [4.78, 5) is 148. The number of ether oxygens (including phenoxy) is 6. The van der Waals surface area contributed by atoms with Gasteiger partial charge in [0.1, 0.15) is 144 Å². The Bertz CT molecular complexity index is 6890. The van der Waals surface area contributed by atoms with E-state index in [0.717, 1.165) is 140 Å². The number of phosphoric acid groups is 5. The second kappa shape index (κ2) is 40.7. The number of piperazine rings is 1. The van der Waals surface area contributed by atoms with Gasteiger partial charge in [-0.05, 0) is 68.4 Å². The van der Waals surface area contributed by atoms with Crippen molar-refractivity contribution < 1.29 is 152 Å². The number of amides is 1. The smallest absolute Gasteiger partial charge is 0.472 e. The number of anilines is 5. The Morgan fingerprint density at radius 3 is 1.29 bits per heavy atom. The van der Waals surface area contributed by atoms with Crippen LogP contribution >= 0.6 is 39.1 Å². The SMILES string of the molecule is CN1CCN(c2ccc3nc(-c4ccc5nc(-c6cccc(OCCCC(=O)NCCCOCC(O)COP(=O)(O)O[C@@H]7[C@H](O)[C@@H](COP(=O)(O)O[C@@H]8[C@H](O)[C@@H](COP(=O)(O)O[C@@H]9[C@H](O)[C@@H](COP(=O)(O)O[C@@H]%10[C@H](O)[C@@H](COP(=O)(O)O)O[C@H]%10n%10cnc%11c(N)ncnc%11%10)O[C@H]9n9cnc%10c(N)ncnc%109)O[C@H]8n8cnc9c(N)ncnc98)O[C@H]7n7cnc8c(N)ncnc87)c6)[nH]c5c4)[nH]c3c2)CC1. The molecule has 15 heterocycles. The van der Waals surface area contributed by atoms with E-state index in [9.17, 15) is 82.5 Å². The summed E-state index contributed by atoms with van der Waals surface area (Å²) >= 11 is 0. The molecule has 21 atom stereocenters. The third-order valence-corrected chi connectivity index (χ3v) is 27.5. The molecule has 0 bridgehead atoms. The number of aliphatic hydroxyl groups is 5. The lowest BCUT2D eigenvalue weighted by atomic mass is 10.1. The Kier molecular flexibility index (Phi) is 28.8. The highest BCUT2D eigenvalue weighted by atomic mass is 31.2. The van der Waals surface area contributed by atoms with Crippen molar-refractivity contribution in [1.29, 1.82) is 0 Å². The number of aliphatic hydroxyl groups excluding tert-OH is 5. The number of phosphoric ester groups is 5. The molecule has 18 rings (SSSR count). The molecule has 0 radical (unpaired) electrons. The van der Waals surface area contributed by atoms with Gasteiger partial charge in [0.2, 0.25) is 5.91 Å². The molecule has 5 aliphatic heterocycles. The third-order valence-electron chi connectivity index (χ3n) is 23.1. The van der Waals surface area contributed by atoms with Gasteiger partial charge in [0, 0.05) is 62.6 Å². The number of hydrogen-bond donors (Lipinski definition) is 18. The lowest BCUT2D eigenvalue weighted by molar-refractivity contribution is -0.121. The first-order chi connectivity index (χ1) is 66.4. The van der Waals surface area contributed by atoms with E-state index >= 15 is 0 Å². The van der Waals surface area contributed by atoms with Crippen molar-refractivity contribution in [2.75, 3.05) is 120 Å². The van der Waals surface area contributed by atoms with Crippen LogP contribution < -0.4 is 37.9 Å². The first kappa shape index (κ1) is 98.4. The molecule has 13 aromatic rings. The van der Waals surface area contributed by atoms with E-state index in [1.165, 1.54) is 0 Å². The normalized spacial score (nSPS) is 25.8. The van der Waals surface area contributed by atoms with Crippen LogP contribution in [0.25, 0.3) is 89.5 Å². The van der Waals surface area contributed by atoms with E-state index in [4.69, 9.17) is 97.5 Å². The fourth-order valence-electron chi connectivity index (χ4n) is 16.2. The lowest BCUT2D eigenvalue weighted by Crippen LogP contribution is -2.44. The van der Waals surface area contributed by atoms with Gasteiger partial charge < -0.3 is 131 Å². The van der Waals surface area contributed by atoms with Crippen LogP contribution in [-0.4, -0.2) is 336 Å². The molecule has 59 nitrogen and oxygen atoms in total. The highest BCUT2D eigenvalue weighted by Gasteiger charge is 2.57. The van der Waals surface area contributed by atoms with Gasteiger partial charge in [-0.2, -0.15) is 0 Å². The minimum absolute atomic E-state index is 0.0101. The predicted molar refractivity (Wildman–Crippen MR) is 475 cm³/mol. The number of imidazole rings is 6. The predicted octanol–water partition coefficient (Wildman–Crippen LogP) is 0.408. The van der Waals surface area contributed by atoms with Crippen molar-refractivity contribution in [3.8, 4) is 28.5 Å². The van der Waals surface area contributed by atoms with Gasteiger partial charge in [-0.3, -0.25) is 63.8 Å². The summed E-state index contributed by atoms with van der Waals surface area (Å²) in [7, 11) is -25.5. The number of aromatic amines is 2. The molecule has 22 N–H and O–H groups in total. The average molecular weight is 2040 g/mol. The Morgan fingerprint density at radius 2 is 0.871 bits per heavy atom. The van der Waals surface area contributed by atoms with Crippen LogP contribution in [0.3, 0.4) is 0 Å². The van der Waals surface area contributed by atoms with Gasteiger partial charge in [0.15, 0.2) is 70.8 Å². The Morgan fingerprint density at radius 1 is 0.475 bits per heavy atom. The fraction of sp³-hybridized carbons (Fsp3) is 0.453. The van der Waals surface area contributed by atoms with Crippen LogP contribution in [0.5, 0.6) is 5.75 Å². The van der Waals surface area contributed by atoms with Crippen molar-refractivity contribution in [2.24, 2.45) is 0 Å². The lowest BCUT2D eigenvalue weighted by Gasteiger charge is -2.34. The highest BCUT2D eigenvalue weighted by molar-refractivity contribution is 7.48. The molecule has 10 aromatic heterocycles. The number of carbonyl (C=O) groups excluding carboxylic acids is 1. The van der Waals surface area contributed by atoms with E-state index in [1.54, 1.807) is 0 Å². The molecular formula is C75H92N27O32P5. The maximum Gasteiger partial charge on any atom is 0.472 e. The molecule has 0 spiro atoms. The van der Waals surface area contributed by atoms with E-state index < -0.39 is 183 Å². The molecule has 5 fully saturated rings. The monoisotopic (exact) mass is 2040 g/mol. The van der Waals surface area contributed by atoms with Crippen LogP contribution in [0.4, 0.5) is 29.0 Å². The number of nitrogen functional groups attached to an aromatic ring is 4. The zero-order valence-corrected chi connectivity index (χ0v) is 77.0. The summed E-state index contributed by atoms with van der Waals surface area (Å²) in [5.74, 6) is 1.08. The summed E-state index contributed by atoms with van der Waals surface area (Å²) in [6, 6.07) is 19.7. The second-order valence-corrected chi connectivity index (χ2v) is 39.3. The number of fused-ring (bicyclic) bond motifs is 6. The third kappa shape index (κ3) is 22.0. The molecule has 744 valence electrons. The number of nitrogens with one attached hydrogen (secondary N) is 3. The zero-order valence-electron chi connectivity index (χ0n) is 72.5. The van der Waals surface area contributed by atoms with Crippen molar-refractivity contribution in [2.45, 2.75) is 124 Å². The van der Waals surface area contributed by atoms with Crippen molar-refractivity contribution >= 4 is 141 Å². The average Bonchev–Trinajstić information content (AvgIpc) is 1.62. The van der Waals surface area contributed by atoms with Gasteiger partial charge >= 0.3 is 39.1 Å². The number of rotatable bonds is 41. The number of nitrogens with zero attached hydrogens (tertiary/aromatic N) is 20. The number of benzene rings is 3. The van der Waals surface area contributed by atoms with Gasteiger partial charge in [-0.15, -0.1) is 0 Å². The summed E-state index contributed by atoms with van der Waals surface area (Å²) in [6.07, 6.45) is -23.8. The number of aromatic nitrogens is 20. The number of carbonyl (C=O) groups is 1. The molecule has 5 unspecified atom stereocenters. The Hall–Kier alpha value is -10.8. The van der Waals surface area contributed by atoms with Crippen LogP contribution in [0.1, 0.15) is 44.2 Å². The van der Waals surface area contributed by atoms with Gasteiger partial charge in [0.25, 0.3) is 0 Å². The molecule has 0 saturated carbocycles. The van der Waals surface area contributed by atoms with E-state index in [2.05, 4.69) is 109 Å². The number of H-pyrrole nitrogens is 2. The van der Waals surface area contributed by atoms with Gasteiger partial charge in [-0.1, -0.05) is 12.1 Å². The van der Waals surface area contributed by atoms with Crippen molar-refractivity contribution in [1.82, 2.24) is 108 Å². The van der Waals surface area contributed by atoms with Gasteiger partial charge in [0.05, 0.1) is 93.6 Å². The molecule has 1 amide bonds.